The molecule has 1 atom stereocenters. The summed E-state index contributed by atoms with van der Waals surface area (Å²) in [6.45, 7) is 8.11. The van der Waals surface area contributed by atoms with Crippen LogP contribution in [0.15, 0.2) is 71.6 Å². The first-order chi connectivity index (χ1) is 14.6. The van der Waals surface area contributed by atoms with Gasteiger partial charge in [0, 0.05) is 12.6 Å². The van der Waals surface area contributed by atoms with E-state index in [-0.39, 0.29) is 16.8 Å². The molecule has 3 aromatic carbocycles. The SMILES string of the molecule is Cc1cc(C)c(C(C)NC(=O)c2cccc(N(C)S(=O)(=O)c3ccccc3)c2)cc1C. The second-order valence-corrected chi connectivity index (χ2v) is 9.79. The molecular formula is C25H28N2O3S. The molecule has 0 saturated heterocycles. The zero-order valence-corrected chi connectivity index (χ0v) is 19.3. The van der Waals surface area contributed by atoms with Crippen LogP contribution in [-0.4, -0.2) is 21.4 Å². The van der Waals surface area contributed by atoms with Gasteiger partial charge in [0.15, 0.2) is 0 Å². The largest absolute Gasteiger partial charge is 0.346 e. The summed E-state index contributed by atoms with van der Waals surface area (Å²) in [4.78, 5) is 13.1. The maximum atomic E-state index is 12.9. The van der Waals surface area contributed by atoms with E-state index < -0.39 is 10.0 Å². The van der Waals surface area contributed by atoms with Crippen LogP contribution in [0.3, 0.4) is 0 Å². The molecule has 31 heavy (non-hydrogen) atoms. The molecular weight excluding hydrogens is 408 g/mol. The van der Waals surface area contributed by atoms with Crippen molar-refractivity contribution in [2.75, 3.05) is 11.4 Å². The van der Waals surface area contributed by atoms with Gasteiger partial charge in [0.25, 0.3) is 15.9 Å². The first-order valence-electron chi connectivity index (χ1n) is 10.1. The van der Waals surface area contributed by atoms with Crippen molar-refractivity contribution in [1.29, 1.82) is 0 Å². The quantitative estimate of drug-likeness (QED) is 0.596. The minimum Gasteiger partial charge on any atom is -0.346 e. The van der Waals surface area contributed by atoms with Crippen molar-refractivity contribution >= 4 is 21.6 Å². The van der Waals surface area contributed by atoms with E-state index in [4.69, 9.17) is 0 Å². The third-order valence-corrected chi connectivity index (χ3v) is 7.37. The highest BCUT2D eigenvalue weighted by atomic mass is 32.2. The summed E-state index contributed by atoms with van der Waals surface area (Å²) < 4.78 is 27.0. The Kier molecular flexibility index (Phi) is 6.51. The molecule has 1 amide bonds. The van der Waals surface area contributed by atoms with Crippen LogP contribution >= 0.6 is 0 Å². The Morgan fingerprint density at radius 3 is 2.19 bits per heavy atom. The molecule has 162 valence electrons. The highest BCUT2D eigenvalue weighted by molar-refractivity contribution is 7.92. The summed E-state index contributed by atoms with van der Waals surface area (Å²) in [5.74, 6) is -0.252. The zero-order valence-electron chi connectivity index (χ0n) is 18.5. The van der Waals surface area contributed by atoms with E-state index in [1.165, 1.54) is 22.5 Å². The Balaban J connectivity index is 1.83. The van der Waals surface area contributed by atoms with E-state index in [9.17, 15) is 13.2 Å². The van der Waals surface area contributed by atoms with E-state index >= 15 is 0 Å². The van der Waals surface area contributed by atoms with Gasteiger partial charge in [-0.15, -0.1) is 0 Å². The molecule has 0 aliphatic carbocycles. The summed E-state index contributed by atoms with van der Waals surface area (Å²) in [5, 5.41) is 3.03. The molecule has 0 spiro atoms. The van der Waals surface area contributed by atoms with Gasteiger partial charge < -0.3 is 5.32 Å². The van der Waals surface area contributed by atoms with Crippen LogP contribution < -0.4 is 9.62 Å². The third-order valence-electron chi connectivity index (χ3n) is 5.57. The molecule has 0 aliphatic rings. The number of nitrogens with zero attached hydrogens (tertiary/aromatic N) is 1. The average Bonchev–Trinajstić information content (AvgIpc) is 2.76. The molecule has 0 aromatic heterocycles. The highest BCUT2D eigenvalue weighted by Crippen LogP contribution is 2.24. The third kappa shape index (κ3) is 4.80. The summed E-state index contributed by atoms with van der Waals surface area (Å²) in [7, 11) is -2.23. The van der Waals surface area contributed by atoms with Crippen molar-refractivity contribution in [1.82, 2.24) is 5.32 Å². The molecule has 1 unspecified atom stereocenters. The lowest BCUT2D eigenvalue weighted by molar-refractivity contribution is 0.0940. The number of carbonyl (C=O) groups excluding carboxylic acids is 1. The smallest absolute Gasteiger partial charge is 0.264 e. The van der Waals surface area contributed by atoms with Gasteiger partial charge in [-0.1, -0.05) is 36.4 Å². The Labute approximate surface area is 184 Å². The first-order valence-corrected chi connectivity index (χ1v) is 11.6. The monoisotopic (exact) mass is 436 g/mol. The van der Waals surface area contributed by atoms with Crippen LogP contribution in [-0.2, 0) is 10.0 Å². The molecule has 1 N–H and O–H groups in total. The van der Waals surface area contributed by atoms with E-state index in [2.05, 4.69) is 31.3 Å². The van der Waals surface area contributed by atoms with Crippen molar-refractivity contribution < 1.29 is 13.2 Å². The fraction of sp³-hybridized carbons (Fsp3) is 0.240. The minimum atomic E-state index is -3.71. The predicted molar refractivity (Wildman–Crippen MR) is 125 cm³/mol. The summed E-state index contributed by atoms with van der Waals surface area (Å²) in [5.41, 5.74) is 5.41. The number of nitrogens with one attached hydrogen (secondary N) is 1. The number of hydrogen-bond acceptors (Lipinski definition) is 3. The number of sulfonamides is 1. The standard InChI is InChI=1S/C25H28N2O3S/c1-17-14-19(3)24(15-18(17)2)20(4)26-25(28)21-10-9-11-22(16-21)27(5)31(29,30)23-12-7-6-8-13-23/h6-16,20H,1-5H3,(H,26,28). The maximum absolute atomic E-state index is 12.9. The molecule has 0 aliphatic heterocycles. The molecule has 6 heteroatoms. The zero-order chi connectivity index (χ0) is 22.8. The van der Waals surface area contributed by atoms with Gasteiger partial charge in [0.05, 0.1) is 16.6 Å². The molecule has 0 saturated carbocycles. The van der Waals surface area contributed by atoms with Crippen molar-refractivity contribution in [3.05, 3.63) is 94.5 Å². The van der Waals surface area contributed by atoms with E-state index in [0.29, 0.717) is 11.3 Å². The number of hydrogen-bond donors (Lipinski definition) is 1. The van der Waals surface area contributed by atoms with Crippen LogP contribution in [0.4, 0.5) is 5.69 Å². The number of anilines is 1. The van der Waals surface area contributed by atoms with Crippen LogP contribution in [0.5, 0.6) is 0 Å². The van der Waals surface area contributed by atoms with Gasteiger partial charge in [-0.2, -0.15) is 0 Å². The normalized spacial score (nSPS) is 12.3. The van der Waals surface area contributed by atoms with E-state index in [0.717, 1.165) is 11.1 Å². The molecule has 0 bridgehead atoms. The second-order valence-electron chi connectivity index (χ2n) is 7.82. The van der Waals surface area contributed by atoms with Crippen LogP contribution in [0.25, 0.3) is 0 Å². The van der Waals surface area contributed by atoms with Crippen molar-refractivity contribution in [2.45, 2.75) is 38.6 Å². The fourth-order valence-electron chi connectivity index (χ4n) is 3.54. The van der Waals surface area contributed by atoms with Gasteiger partial charge in [0.2, 0.25) is 0 Å². The number of rotatable bonds is 6. The Morgan fingerprint density at radius 2 is 1.52 bits per heavy atom. The van der Waals surface area contributed by atoms with E-state index in [1.54, 1.807) is 54.6 Å². The summed E-state index contributed by atoms with van der Waals surface area (Å²) in [6.07, 6.45) is 0. The second kappa shape index (κ2) is 8.94. The summed E-state index contributed by atoms with van der Waals surface area (Å²) in [6, 6.07) is 18.9. The van der Waals surface area contributed by atoms with Crippen molar-refractivity contribution in [2.24, 2.45) is 0 Å². The fourth-order valence-corrected chi connectivity index (χ4v) is 4.75. The van der Waals surface area contributed by atoms with Gasteiger partial charge in [-0.05, 0) is 80.3 Å². The number of aryl methyl sites for hydroxylation is 3. The number of carbonyl (C=O) groups is 1. The topological polar surface area (TPSA) is 66.5 Å². The van der Waals surface area contributed by atoms with E-state index in [1.807, 2.05) is 13.8 Å². The lowest BCUT2D eigenvalue weighted by atomic mass is 9.96. The van der Waals surface area contributed by atoms with Crippen molar-refractivity contribution in [3.8, 4) is 0 Å². The number of amides is 1. The van der Waals surface area contributed by atoms with Gasteiger partial charge >= 0.3 is 0 Å². The molecule has 3 aromatic rings. The Bertz CT molecular complexity index is 1200. The highest BCUT2D eigenvalue weighted by Gasteiger charge is 2.22. The van der Waals surface area contributed by atoms with Gasteiger partial charge in [-0.3, -0.25) is 9.10 Å². The maximum Gasteiger partial charge on any atom is 0.264 e. The lowest BCUT2D eigenvalue weighted by Gasteiger charge is -2.21. The Morgan fingerprint density at radius 1 is 0.871 bits per heavy atom. The Hall–Kier alpha value is -3.12. The lowest BCUT2D eigenvalue weighted by Crippen LogP contribution is -2.29. The molecule has 0 heterocycles. The molecule has 0 radical (unpaired) electrons. The molecule has 5 nitrogen and oxygen atoms in total. The van der Waals surface area contributed by atoms with Crippen LogP contribution in [0, 0.1) is 20.8 Å². The molecule has 3 rings (SSSR count). The van der Waals surface area contributed by atoms with Crippen molar-refractivity contribution in [3.63, 3.8) is 0 Å². The van der Waals surface area contributed by atoms with Crippen LogP contribution in [0.1, 0.15) is 45.6 Å². The van der Waals surface area contributed by atoms with Gasteiger partial charge in [-0.25, -0.2) is 8.42 Å². The predicted octanol–water partition coefficient (Wildman–Crippen LogP) is 4.93. The number of benzene rings is 3. The minimum absolute atomic E-state index is 0.179. The summed E-state index contributed by atoms with van der Waals surface area (Å²) >= 11 is 0. The van der Waals surface area contributed by atoms with Gasteiger partial charge in [0.1, 0.15) is 0 Å². The molecule has 0 fully saturated rings. The van der Waals surface area contributed by atoms with Crippen LogP contribution in [0.2, 0.25) is 0 Å². The average molecular weight is 437 g/mol. The first kappa shape index (κ1) is 22.6.